The third-order valence-corrected chi connectivity index (χ3v) is 5.16. The van der Waals surface area contributed by atoms with Crippen molar-refractivity contribution in [3.8, 4) is 0 Å². The zero-order chi connectivity index (χ0) is 14.6. The van der Waals surface area contributed by atoms with Gasteiger partial charge in [-0.05, 0) is 17.7 Å². The Kier molecular flexibility index (Phi) is 4.93. The Hall–Kier alpha value is -1.21. The van der Waals surface area contributed by atoms with Gasteiger partial charge in [-0.15, -0.1) is 0 Å². The second-order valence-electron chi connectivity index (χ2n) is 4.67. The van der Waals surface area contributed by atoms with Crippen LogP contribution in [-0.4, -0.2) is 50.2 Å². The molecule has 0 aromatic heterocycles. The summed E-state index contributed by atoms with van der Waals surface area (Å²) in [5.74, 6) is 1.97. The number of nitrogens with one attached hydrogen (secondary N) is 1. The standard InChI is InChI=1S/C13H18N2O3S2/c1-20(17,18)12-4-2-11(3-5-12)10-14-13(16)15-6-8-19-9-7-15/h2-5H,6-10H2,1H3,(H,14,16). The number of urea groups is 1. The summed E-state index contributed by atoms with van der Waals surface area (Å²) in [5, 5.41) is 2.86. The third-order valence-electron chi connectivity index (χ3n) is 3.09. The first-order chi connectivity index (χ1) is 9.47. The molecule has 0 radical (unpaired) electrons. The lowest BCUT2D eigenvalue weighted by molar-refractivity contribution is 0.202. The summed E-state index contributed by atoms with van der Waals surface area (Å²) in [5.41, 5.74) is 0.886. The highest BCUT2D eigenvalue weighted by Gasteiger charge is 2.16. The predicted molar refractivity (Wildman–Crippen MR) is 80.7 cm³/mol. The molecular formula is C13H18N2O3S2. The topological polar surface area (TPSA) is 66.5 Å². The summed E-state index contributed by atoms with van der Waals surface area (Å²) in [6.07, 6.45) is 1.18. The first-order valence-electron chi connectivity index (χ1n) is 6.36. The van der Waals surface area contributed by atoms with Crippen molar-refractivity contribution in [1.82, 2.24) is 10.2 Å². The number of hydrogen-bond donors (Lipinski definition) is 1. The Morgan fingerprint density at radius 1 is 1.25 bits per heavy atom. The summed E-state index contributed by atoms with van der Waals surface area (Å²) < 4.78 is 22.7. The average molecular weight is 314 g/mol. The predicted octanol–water partition coefficient (Wildman–Crippen LogP) is 1.35. The molecule has 0 spiro atoms. The van der Waals surface area contributed by atoms with Crippen LogP contribution in [0.4, 0.5) is 4.79 Å². The van der Waals surface area contributed by atoms with E-state index in [-0.39, 0.29) is 6.03 Å². The number of rotatable bonds is 3. The molecule has 20 heavy (non-hydrogen) atoms. The molecule has 110 valence electrons. The Labute approximate surface area is 123 Å². The summed E-state index contributed by atoms with van der Waals surface area (Å²) >= 11 is 1.86. The Bertz CT molecular complexity index is 564. The van der Waals surface area contributed by atoms with E-state index in [0.717, 1.165) is 30.2 Å². The quantitative estimate of drug-likeness (QED) is 0.914. The Balaban J connectivity index is 1.89. The molecule has 0 unspecified atom stereocenters. The SMILES string of the molecule is CS(=O)(=O)c1ccc(CNC(=O)N2CCSCC2)cc1. The van der Waals surface area contributed by atoms with E-state index >= 15 is 0 Å². The van der Waals surface area contributed by atoms with Gasteiger partial charge in [0.25, 0.3) is 0 Å². The van der Waals surface area contributed by atoms with Crippen LogP contribution in [0.5, 0.6) is 0 Å². The number of carbonyl (C=O) groups excluding carboxylic acids is 1. The van der Waals surface area contributed by atoms with Crippen LogP contribution in [0.3, 0.4) is 0 Å². The lowest BCUT2D eigenvalue weighted by Crippen LogP contribution is -2.44. The van der Waals surface area contributed by atoms with Crippen LogP contribution in [-0.2, 0) is 16.4 Å². The zero-order valence-corrected chi connectivity index (χ0v) is 13.0. The fraction of sp³-hybridized carbons (Fsp3) is 0.462. The van der Waals surface area contributed by atoms with E-state index in [0.29, 0.717) is 11.4 Å². The third kappa shape index (κ3) is 4.14. The molecule has 0 saturated carbocycles. The minimum absolute atomic E-state index is 0.0579. The summed E-state index contributed by atoms with van der Waals surface area (Å²) in [4.78, 5) is 14.0. The molecule has 0 aliphatic carbocycles. The van der Waals surface area contributed by atoms with Gasteiger partial charge in [0.05, 0.1) is 4.90 Å². The number of sulfone groups is 1. The van der Waals surface area contributed by atoms with Gasteiger partial charge >= 0.3 is 6.03 Å². The van der Waals surface area contributed by atoms with Crippen molar-refractivity contribution in [2.45, 2.75) is 11.4 Å². The first kappa shape index (κ1) is 15.2. The van der Waals surface area contributed by atoms with Gasteiger partial charge < -0.3 is 10.2 Å². The van der Waals surface area contributed by atoms with Crippen LogP contribution >= 0.6 is 11.8 Å². The van der Waals surface area contributed by atoms with Gasteiger partial charge in [-0.25, -0.2) is 13.2 Å². The van der Waals surface area contributed by atoms with Crippen LogP contribution in [0.1, 0.15) is 5.56 Å². The molecule has 1 aliphatic heterocycles. The van der Waals surface area contributed by atoms with E-state index in [1.807, 2.05) is 11.8 Å². The van der Waals surface area contributed by atoms with E-state index in [4.69, 9.17) is 0 Å². The van der Waals surface area contributed by atoms with Crippen LogP contribution in [0.25, 0.3) is 0 Å². The van der Waals surface area contributed by atoms with Crippen molar-refractivity contribution in [2.75, 3.05) is 30.9 Å². The molecule has 0 atom stereocenters. The van der Waals surface area contributed by atoms with E-state index in [1.165, 1.54) is 6.26 Å². The fourth-order valence-corrected chi connectivity index (χ4v) is 3.44. The fourth-order valence-electron chi connectivity index (χ4n) is 1.91. The molecule has 2 rings (SSSR count). The smallest absolute Gasteiger partial charge is 0.317 e. The van der Waals surface area contributed by atoms with Gasteiger partial charge in [-0.2, -0.15) is 11.8 Å². The maximum Gasteiger partial charge on any atom is 0.317 e. The summed E-state index contributed by atoms with van der Waals surface area (Å²) in [6, 6.07) is 6.52. The highest BCUT2D eigenvalue weighted by atomic mass is 32.2. The minimum Gasteiger partial charge on any atom is -0.334 e. The number of nitrogens with zero attached hydrogens (tertiary/aromatic N) is 1. The first-order valence-corrected chi connectivity index (χ1v) is 9.41. The molecule has 2 amide bonds. The highest BCUT2D eigenvalue weighted by molar-refractivity contribution is 7.99. The van der Waals surface area contributed by atoms with Crippen LogP contribution in [0.15, 0.2) is 29.2 Å². The second-order valence-corrected chi connectivity index (χ2v) is 7.91. The molecular weight excluding hydrogens is 296 g/mol. The summed E-state index contributed by atoms with van der Waals surface area (Å²) in [7, 11) is -3.17. The number of amides is 2. The van der Waals surface area contributed by atoms with Gasteiger partial charge in [-0.1, -0.05) is 12.1 Å². The normalized spacial score (nSPS) is 15.9. The Morgan fingerprint density at radius 2 is 1.85 bits per heavy atom. The van der Waals surface area contributed by atoms with E-state index < -0.39 is 9.84 Å². The number of hydrogen-bond acceptors (Lipinski definition) is 4. The van der Waals surface area contributed by atoms with E-state index in [1.54, 1.807) is 29.2 Å². The highest BCUT2D eigenvalue weighted by Crippen LogP contribution is 2.11. The molecule has 1 saturated heterocycles. The zero-order valence-electron chi connectivity index (χ0n) is 11.3. The van der Waals surface area contributed by atoms with Crippen molar-refractivity contribution < 1.29 is 13.2 Å². The molecule has 0 bridgehead atoms. The average Bonchev–Trinajstić information content (AvgIpc) is 2.45. The lowest BCUT2D eigenvalue weighted by atomic mass is 10.2. The van der Waals surface area contributed by atoms with Crippen molar-refractivity contribution >= 4 is 27.6 Å². The van der Waals surface area contributed by atoms with Crippen LogP contribution in [0, 0.1) is 0 Å². The molecule has 1 aliphatic rings. The van der Waals surface area contributed by atoms with Crippen LogP contribution in [0.2, 0.25) is 0 Å². The van der Waals surface area contributed by atoms with Gasteiger partial charge in [0.15, 0.2) is 9.84 Å². The number of carbonyl (C=O) groups is 1. The molecule has 1 aromatic carbocycles. The number of benzene rings is 1. The maximum atomic E-state index is 11.9. The largest absolute Gasteiger partial charge is 0.334 e. The summed E-state index contributed by atoms with van der Waals surface area (Å²) in [6.45, 7) is 1.97. The number of thioether (sulfide) groups is 1. The van der Waals surface area contributed by atoms with Crippen molar-refractivity contribution in [1.29, 1.82) is 0 Å². The molecule has 5 nitrogen and oxygen atoms in total. The van der Waals surface area contributed by atoms with Crippen LogP contribution < -0.4 is 5.32 Å². The molecule has 1 aromatic rings. The molecule has 1 heterocycles. The molecule has 7 heteroatoms. The van der Waals surface area contributed by atoms with E-state index in [2.05, 4.69) is 5.32 Å². The van der Waals surface area contributed by atoms with Gasteiger partial charge in [0.1, 0.15) is 0 Å². The van der Waals surface area contributed by atoms with Crippen molar-refractivity contribution in [2.24, 2.45) is 0 Å². The monoisotopic (exact) mass is 314 g/mol. The van der Waals surface area contributed by atoms with Crippen molar-refractivity contribution in [3.63, 3.8) is 0 Å². The van der Waals surface area contributed by atoms with Gasteiger partial charge in [-0.3, -0.25) is 0 Å². The molecule has 1 fully saturated rings. The molecule has 1 N–H and O–H groups in total. The van der Waals surface area contributed by atoms with Crippen molar-refractivity contribution in [3.05, 3.63) is 29.8 Å². The van der Waals surface area contributed by atoms with Gasteiger partial charge in [0, 0.05) is 37.4 Å². The Morgan fingerprint density at radius 3 is 2.40 bits per heavy atom. The van der Waals surface area contributed by atoms with Gasteiger partial charge in [0.2, 0.25) is 0 Å². The lowest BCUT2D eigenvalue weighted by Gasteiger charge is -2.26. The minimum atomic E-state index is -3.17. The second kappa shape index (κ2) is 6.49. The maximum absolute atomic E-state index is 11.9. The van der Waals surface area contributed by atoms with E-state index in [9.17, 15) is 13.2 Å².